The van der Waals surface area contributed by atoms with Crippen molar-refractivity contribution < 1.29 is 24.5 Å². The SMILES string of the molecule is CC(C)[N+]1=c2ccccc2=C(c2ccc(F)cc2)C1CC(C)(C)C[C@@H](O)C[C@@H](O)CC(=O)O. The lowest BCUT2D eigenvalue weighted by Gasteiger charge is -2.31. The molecule has 0 spiro atoms. The third kappa shape index (κ3) is 6.06. The van der Waals surface area contributed by atoms with E-state index in [1.807, 2.05) is 24.3 Å². The van der Waals surface area contributed by atoms with E-state index in [2.05, 4.69) is 44.4 Å². The molecule has 1 aliphatic heterocycles. The summed E-state index contributed by atoms with van der Waals surface area (Å²) in [6, 6.07) is 15.1. The lowest BCUT2D eigenvalue weighted by Crippen LogP contribution is -2.44. The number of carboxylic acid groups (broad SMARTS) is 1. The summed E-state index contributed by atoms with van der Waals surface area (Å²) in [5.41, 5.74) is 1.83. The van der Waals surface area contributed by atoms with Crippen LogP contribution in [0.3, 0.4) is 0 Å². The van der Waals surface area contributed by atoms with E-state index in [1.54, 1.807) is 0 Å². The Labute approximate surface area is 194 Å². The average Bonchev–Trinajstić information content (AvgIpc) is 3.00. The van der Waals surface area contributed by atoms with Gasteiger partial charge in [0.2, 0.25) is 5.36 Å². The van der Waals surface area contributed by atoms with Crippen molar-refractivity contribution >= 4 is 11.5 Å². The smallest absolute Gasteiger partial charge is 0.305 e. The Kier molecular flexibility index (Phi) is 7.70. The molecule has 178 valence electrons. The molecule has 6 heteroatoms. The Morgan fingerprint density at radius 2 is 1.70 bits per heavy atom. The molecule has 0 aliphatic carbocycles. The standard InChI is InChI=1S/C27H34FNO4/c1-17(2)29-23-8-6-5-7-22(23)26(18-9-11-19(28)12-10-18)24(29)16-27(3,4)15-21(31)13-20(30)14-25(32)33/h5-12,17,20-21,24,30-31H,13-16H2,1-4H3/p+1/t20-,21+,24?/m1/s1. The van der Waals surface area contributed by atoms with Gasteiger partial charge in [-0.25, -0.2) is 8.97 Å². The Hall–Kier alpha value is -2.57. The van der Waals surface area contributed by atoms with Gasteiger partial charge in [0, 0.05) is 18.1 Å². The van der Waals surface area contributed by atoms with Gasteiger partial charge in [-0.05, 0) is 55.9 Å². The molecule has 3 atom stereocenters. The van der Waals surface area contributed by atoms with E-state index in [9.17, 15) is 19.4 Å². The number of carboxylic acids is 1. The second-order valence-corrected chi connectivity index (χ2v) is 10.2. The first kappa shape index (κ1) is 25.1. The Morgan fingerprint density at radius 1 is 1.06 bits per heavy atom. The van der Waals surface area contributed by atoms with Gasteiger partial charge in [0.25, 0.3) is 0 Å². The summed E-state index contributed by atoms with van der Waals surface area (Å²) in [5.74, 6) is -1.35. The van der Waals surface area contributed by atoms with Gasteiger partial charge in [0.15, 0.2) is 6.04 Å². The van der Waals surface area contributed by atoms with Gasteiger partial charge < -0.3 is 15.3 Å². The molecule has 5 nitrogen and oxygen atoms in total. The van der Waals surface area contributed by atoms with Crippen LogP contribution in [0.2, 0.25) is 0 Å². The largest absolute Gasteiger partial charge is 0.481 e. The summed E-state index contributed by atoms with van der Waals surface area (Å²) in [6.45, 7) is 8.48. The van der Waals surface area contributed by atoms with Crippen LogP contribution in [0.1, 0.15) is 58.9 Å². The third-order valence-electron chi connectivity index (χ3n) is 6.34. The molecule has 0 saturated heterocycles. The first-order valence-electron chi connectivity index (χ1n) is 11.6. The second-order valence-electron chi connectivity index (χ2n) is 10.2. The van der Waals surface area contributed by atoms with Crippen LogP contribution in [0.25, 0.3) is 5.57 Å². The van der Waals surface area contributed by atoms with Crippen molar-refractivity contribution in [1.82, 2.24) is 4.58 Å². The number of carbonyl (C=O) groups is 1. The van der Waals surface area contributed by atoms with Crippen LogP contribution in [-0.2, 0) is 4.79 Å². The van der Waals surface area contributed by atoms with Gasteiger partial charge in [-0.1, -0.05) is 38.1 Å². The average molecular weight is 457 g/mol. The van der Waals surface area contributed by atoms with Crippen LogP contribution in [-0.4, -0.2) is 45.6 Å². The minimum atomic E-state index is -1.08. The van der Waals surface area contributed by atoms with Crippen molar-refractivity contribution in [3.05, 3.63) is 70.5 Å². The minimum Gasteiger partial charge on any atom is -0.481 e. The highest BCUT2D eigenvalue weighted by Gasteiger charge is 2.40. The summed E-state index contributed by atoms with van der Waals surface area (Å²) in [5, 5.41) is 31.7. The van der Waals surface area contributed by atoms with Gasteiger partial charge in [0.05, 0.1) is 23.8 Å². The molecule has 0 radical (unpaired) electrons. The number of aliphatic hydroxyl groups is 2. The third-order valence-corrected chi connectivity index (χ3v) is 6.34. The number of hydrogen-bond donors (Lipinski definition) is 3. The highest BCUT2D eigenvalue weighted by Crippen LogP contribution is 2.35. The summed E-state index contributed by atoms with van der Waals surface area (Å²) in [7, 11) is 0. The molecule has 1 aliphatic rings. The van der Waals surface area contributed by atoms with E-state index < -0.39 is 18.2 Å². The first-order chi connectivity index (χ1) is 15.5. The van der Waals surface area contributed by atoms with E-state index in [-0.39, 0.29) is 36.2 Å². The van der Waals surface area contributed by atoms with Crippen molar-refractivity contribution in [2.75, 3.05) is 0 Å². The van der Waals surface area contributed by atoms with Gasteiger partial charge >= 0.3 is 5.97 Å². The maximum Gasteiger partial charge on any atom is 0.305 e. The number of nitrogens with zero attached hydrogens (tertiary/aromatic N) is 1. The van der Waals surface area contributed by atoms with Crippen LogP contribution in [0.15, 0.2) is 48.5 Å². The molecule has 0 bridgehead atoms. The lowest BCUT2D eigenvalue weighted by molar-refractivity contribution is -0.139. The second kappa shape index (κ2) is 10.1. The summed E-state index contributed by atoms with van der Waals surface area (Å²) >= 11 is 0. The fraction of sp³-hybridized carbons (Fsp3) is 0.481. The number of benzene rings is 2. The van der Waals surface area contributed by atoms with Gasteiger partial charge in [-0.15, -0.1) is 0 Å². The number of para-hydroxylation sites is 1. The fourth-order valence-corrected chi connectivity index (χ4v) is 5.16. The topological polar surface area (TPSA) is 80.8 Å². The maximum atomic E-state index is 13.7. The summed E-state index contributed by atoms with van der Waals surface area (Å²) in [4.78, 5) is 10.8. The quantitative estimate of drug-likeness (QED) is 0.480. The zero-order valence-corrected chi connectivity index (χ0v) is 19.8. The highest BCUT2D eigenvalue weighted by molar-refractivity contribution is 5.71. The Morgan fingerprint density at radius 3 is 2.30 bits per heavy atom. The molecule has 3 N–H and O–H groups in total. The number of rotatable bonds is 10. The number of aliphatic hydroxyl groups excluding tert-OH is 2. The molecule has 0 amide bonds. The Balaban J connectivity index is 1.95. The van der Waals surface area contributed by atoms with Crippen molar-refractivity contribution in [2.24, 2.45) is 5.41 Å². The van der Waals surface area contributed by atoms with Gasteiger partial charge in [0.1, 0.15) is 11.9 Å². The molecular weight excluding hydrogens is 421 g/mol. The van der Waals surface area contributed by atoms with E-state index in [0.717, 1.165) is 28.1 Å². The van der Waals surface area contributed by atoms with E-state index in [0.29, 0.717) is 6.42 Å². The normalized spacial score (nSPS) is 17.9. The molecule has 0 fully saturated rings. The zero-order valence-electron chi connectivity index (χ0n) is 19.8. The minimum absolute atomic E-state index is 0.0269. The first-order valence-corrected chi connectivity index (χ1v) is 11.6. The molecule has 3 rings (SSSR count). The molecular formula is C27H35FNO4+. The molecule has 0 aromatic heterocycles. The summed E-state index contributed by atoms with van der Waals surface area (Å²) in [6.07, 6.45) is -1.06. The monoisotopic (exact) mass is 456 g/mol. The van der Waals surface area contributed by atoms with E-state index in [1.165, 1.54) is 12.1 Å². The number of halogens is 1. The predicted molar refractivity (Wildman–Crippen MR) is 127 cm³/mol. The van der Waals surface area contributed by atoms with Crippen molar-refractivity contribution in [3.63, 3.8) is 0 Å². The van der Waals surface area contributed by atoms with Crippen LogP contribution in [0.5, 0.6) is 0 Å². The Bertz CT molecular complexity index is 1110. The maximum absolute atomic E-state index is 13.7. The molecule has 1 heterocycles. The van der Waals surface area contributed by atoms with Gasteiger partial charge in [-0.3, -0.25) is 4.79 Å². The van der Waals surface area contributed by atoms with Crippen LogP contribution < -0.4 is 15.2 Å². The number of fused-ring (bicyclic) bond motifs is 1. The molecule has 0 saturated carbocycles. The molecule has 33 heavy (non-hydrogen) atoms. The predicted octanol–water partition coefficient (Wildman–Crippen LogP) is 2.70. The van der Waals surface area contributed by atoms with Crippen LogP contribution in [0, 0.1) is 11.2 Å². The summed E-state index contributed by atoms with van der Waals surface area (Å²) < 4.78 is 16.1. The van der Waals surface area contributed by atoms with Crippen molar-refractivity contribution in [2.45, 2.75) is 77.7 Å². The van der Waals surface area contributed by atoms with Crippen LogP contribution >= 0.6 is 0 Å². The molecule has 2 aromatic carbocycles. The van der Waals surface area contributed by atoms with Gasteiger partial charge in [-0.2, -0.15) is 0 Å². The fourth-order valence-electron chi connectivity index (χ4n) is 5.16. The van der Waals surface area contributed by atoms with Crippen LogP contribution in [0.4, 0.5) is 4.39 Å². The van der Waals surface area contributed by atoms with E-state index >= 15 is 0 Å². The van der Waals surface area contributed by atoms with E-state index in [4.69, 9.17) is 5.11 Å². The molecule has 1 unspecified atom stereocenters. The molecule has 2 aromatic rings. The lowest BCUT2D eigenvalue weighted by atomic mass is 9.77. The van der Waals surface area contributed by atoms with Crippen molar-refractivity contribution in [1.29, 1.82) is 0 Å². The number of aliphatic carboxylic acids is 1. The number of hydrogen-bond acceptors (Lipinski definition) is 3. The zero-order chi connectivity index (χ0) is 24.3. The highest BCUT2D eigenvalue weighted by atomic mass is 19.1. The van der Waals surface area contributed by atoms with Crippen molar-refractivity contribution in [3.8, 4) is 0 Å².